The van der Waals surface area contributed by atoms with E-state index in [0.717, 1.165) is 30.6 Å². The molecule has 0 radical (unpaired) electrons. The lowest BCUT2D eigenvalue weighted by Gasteiger charge is -2.16. The maximum atomic E-state index is 4.53. The third-order valence-corrected chi connectivity index (χ3v) is 3.30. The molecule has 1 aromatic rings. The van der Waals surface area contributed by atoms with Crippen LogP contribution in [0.1, 0.15) is 39.4 Å². The molecular formula is C12H24N4S. The highest BCUT2D eigenvalue weighted by Crippen LogP contribution is 2.19. The van der Waals surface area contributed by atoms with Gasteiger partial charge in [0.25, 0.3) is 0 Å². The minimum atomic E-state index is 0.410. The fourth-order valence-corrected chi connectivity index (χ4v) is 2.14. The quantitative estimate of drug-likeness (QED) is 0.760. The lowest BCUT2D eigenvalue weighted by atomic mass is 10.2. The zero-order valence-electron chi connectivity index (χ0n) is 11.5. The van der Waals surface area contributed by atoms with Gasteiger partial charge in [-0.25, -0.2) is 4.98 Å². The van der Waals surface area contributed by atoms with Crippen LogP contribution in [0, 0.1) is 5.92 Å². The van der Waals surface area contributed by atoms with E-state index in [2.05, 4.69) is 54.3 Å². The van der Waals surface area contributed by atoms with E-state index in [1.165, 1.54) is 11.5 Å². The smallest absolute Gasteiger partial charge is 0.204 e. The molecule has 0 bridgehead atoms. The van der Waals surface area contributed by atoms with E-state index in [9.17, 15) is 0 Å². The van der Waals surface area contributed by atoms with Gasteiger partial charge in [0, 0.05) is 37.6 Å². The summed E-state index contributed by atoms with van der Waals surface area (Å²) in [4.78, 5) is 6.69. The number of nitrogens with one attached hydrogen (secondary N) is 1. The van der Waals surface area contributed by atoms with E-state index in [0.29, 0.717) is 11.8 Å². The lowest BCUT2D eigenvalue weighted by molar-refractivity contribution is 0.554. The highest BCUT2D eigenvalue weighted by Gasteiger charge is 2.10. The van der Waals surface area contributed by atoms with Crippen molar-refractivity contribution < 1.29 is 0 Å². The standard InChI is InChI=1S/C12H24N4S/c1-9(2)8-13-6-7-16(5)12-14-11(10(3)4)15-17-12/h9-10,13H,6-8H2,1-5H3. The van der Waals surface area contributed by atoms with Crippen LogP contribution in [-0.2, 0) is 0 Å². The van der Waals surface area contributed by atoms with Gasteiger partial charge in [-0.15, -0.1) is 0 Å². The van der Waals surface area contributed by atoms with Crippen molar-refractivity contribution >= 4 is 16.7 Å². The molecule has 0 saturated carbocycles. The van der Waals surface area contributed by atoms with Gasteiger partial charge in [0.1, 0.15) is 5.82 Å². The van der Waals surface area contributed by atoms with Gasteiger partial charge in [0.15, 0.2) is 0 Å². The van der Waals surface area contributed by atoms with Crippen LogP contribution in [0.4, 0.5) is 5.13 Å². The molecule has 0 aliphatic rings. The molecule has 0 saturated heterocycles. The summed E-state index contributed by atoms with van der Waals surface area (Å²) >= 11 is 1.49. The molecule has 0 unspecified atom stereocenters. The monoisotopic (exact) mass is 256 g/mol. The Morgan fingerprint density at radius 3 is 2.53 bits per heavy atom. The molecule has 98 valence electrons. The Labute approximate surface area is 109 Å². The third-order valence-electron chi connectivity index (χ3n) is 2.45. The molecule has 1 N–H and O–H groups in total. The molecular weight excluding hydrogens is 232 g/mol. The Bertz CT molecular complexity index is 322. The molecule has 0 aliphatic heterocycles. The molecule has 0 atom stereocenters. The van der Waals surface area contributed by atoms with Gasteiger partial charge in [0.05, 0.1) is 0 Å². The molecule has 0 amide bonds. The number of hydrogen-bond donors (Lipinski definition) is 1. The predicted octanol–water partition coefficient (Wildman–Crippen LogP) is 2.34. The van der Waals surface area contributed by atoms with Crippen LogP contribution in [0.3, 0.4) is 0 Å². The molecule has 0 aromatic carbocycles. The summed E-state index contributed by atoms with van der Waals surface area (Å²) in [6, 6.07) is 0. The summed E-state index contributed by atoms with van der Waals surface area (Å²) in [5, 5.41) is 4.44. The minimum Gasteiger partial charge on any atom is -0.349 e. The van der Waals surface area contributed by atoms with Gasteiger partial charge < -0.3 is 10.2 Å². The van der Waals surface area contributed by atoms with Crippen molar-refractivity contribution in [3.8, 4) is 0 Å². The van der Waals surface area contributed by atoms with Crippen LogP contribution in [0.2, 0.25) is 0 Å². The molecule has 0 spiro atoms. The van der Waals surface area contributed by atoms with Gasteiger partial charge >= 0.3 is 0 Å². The van der Waals surface area contributed by atoms with E-state index in [1.807, 2.05) is 0 Å². The molecule has 5 heteroatoms. The summed E-state index contributed by atoms with van der Waals surface area (Å²) < 4.78 is 4.36. The van der Waals surface area contributed by atoms with E-state index < -0.39 is 0 Å². The van der Waals surface area contributed by atoms with Crippen molar-refractivity contribution in [3.63, 3.8) is 0 Å². The Kier molecular flexibility index (Phi) is 5.85. The first-order valence-corrected chi connectivity index (χ1v) is 7.03. The largest absolute Gasteiger partial charge is 0.349 e. The van der Waals surface area contributed by atoms with Crippen molar-refractivity contribution in [2.75, 3.05) is 31.6 Å². The summed E-state index contributed by atoms with van der Waals surface area (Å²) in [5.41, 5.74) is 0. The van der Waals surface area contributed by atoms with Crippen LogP contribution in [0.5, 0.6) is 0 Å². The first kappa shape index (κ1) is 14.4. The van der Waals surface area contributed by atoms with Gasteiger partial charge in [-0.1, -0.05) is 27.7 Å². The maximum Gasteiger partial charge on any atom is 0.204 e. The zero-order chi connectivity index (χ0) is 12.8. The average Bonchev–Trinajstić information content (AvgIpc) is 2.73. The van der Waals surface area contributed by atoms with Gasteiger partial charge in [-0.3, -0.25) is 0 Å². The Morgan fingerprint density at radius 2 is 2.00 bits per heavy atom. The molecule has 0 fully saturated rings. The van der Waals surface area contributed by atoms with E-state index in [4.69, 9.17) is 0 Å². The number of anilines is 1. The van der Waals surface area contributed by atoms with Crippen molar-refractivity contribution in [2.45, 2.75) is 33.6 Å². The molecule has 0 aliphatic carbocycles. The van der Waals surface area contributed by atoms with E-state index >= 15 is 0 Å². The van der Waals surface area contributed by atoms with Crippen molar-refractivity contribution in [2.24, 2.45) is 5.92 Å². The number of hydrogen-bond acceptors (Lipinski definition) is 5. The third kappa shape index (κ3) is 5.00. The Morgan fingerprint density at radius 1 is 1.29 bits per heavy atom. The normalized spacial score (nSPS) is 11.5. The van der Waals surface area contributed by atoms with E-state index in [1.54, 1.807) is 0 Å². The lowest BCUT2D eigenvalue weighted by Crippen LogP contribution is -2.31. The van der Waals surface area contributed by atoms with Crippen LogP contribution in [0.15, 0.2) is 0 Å². The second kappa shape index (κ2) is 6.91. The van der Waals surface area contributed by atoms with Crippen LogP contribution < -0.4 is 10.2 Å². The average molecular weight is 256 g/mol. The zero-order valence-corrected chi connectivity index (χ0v) is 12.3. The SMILES string of the molecule is CC(C)CNCCN(C)c1nc(C(C)C)ns1. The minimum absolute atomic E-state index is 0.410. The first-order valence-electron chi connectivity index (χ1n) is 6.26. The topological polar surface area (TPSA) is 41.0 Å². The van der Waals surface area contributed by atoms with Crippen molar-refractivity contribution in [3.05, 3.63) is 5.82 Å². The molecule has 4 nitrogen and oxygen atoms in total. The number of likely N-dealkylation sites (N-methyl/N-ethyl adjacent to an activating group) is 1. The Hall–Kier alpha value is -0.680. The number of aromatic nitrogens is 2. The molecule has 1 rings (SSSR count). The Balaban J connectivity index is 2.33. The van der Waals surface area contributed by atoms with Crippen LogP contribution >= 0.6 is 11.5 Å². The van der Waals surface area contributed by atoms with Gasteiger partial charge in [0.2, 0.25) is 5.13 Å². The van der Waals surface area contributed by atoms with E-state index in [-0.39, 0.29) is 0 Å². The highest BCUT2D eigenvalue weighted by atomic mass is 32.1. The number of rotatable bonds is 7. The van der Waals surface area contributed by atoms with Crippen LogP contribution in [0.25, 0.3) is 0 Å². The summed E-state index contributed by atoms with van der Waals surface area (Å²) in [5.74, 6) is 2.06. The van der Waals surface area contributed by atoms with Crippen molar-refractivity contribution in [1.29, 1.82) is 0 Å². The summed E-state index contributed by atoms with van der Waals surface area (Å²) in [6.45, 7) is 11.7. The summed E-state index contributed by atoms with van der Waals surface area (Å²) in [6.07, 6.45) is 0. The van der Waals surface area contributed by atoms with Gasteiger partial charge in [-0.2, -0.15) is 4.37 Å². The summed E-state index contributed by atoms with van der Waals surface area (Å²) in [7, 11) is 2.07. The fourth-order valence-electron chi connectivity index (χ4n) is 1.35. The maximum absolute atomic E-state index is 4.53. The van der Waals surface area contributed by atoms with Gasteiger partial charge in [-0.05, 0) is 12.5 Å². The van der Waals surface area contributed by atoms with Crippen molar-refractivity contribution in [1.82, 2.24) is 14.7 Å². The second-order valence-corrected chi connectivity index (χ2v) is 5.84. The second-order valence-electron chi connectivity index (χ2n) is 5.11. The number of nitrogens with zero attached hydrogens (tertiary/aromatic N) is 3. The predicted molar refractivity (Wildman–Crippen MR) is 75.0 cm³/mol. The first-order chi connectivity index (χ1) is 8.00. The molecule has 1 aromatic heterocycles. The molecule has 17 heavy (non-hydrogen) atoms. The molecule has 1 heterocycles. The fraction of sp³-hybridized carbons (Fsp3) is 0.833. The highest BCUT2D eigenvalue weighted by molar-refractivity contribution is 7.09. The van der Waals surface area contributed by atoms with Crippen LogP contribution in [-0.4, -0.2) is 36.0 Å².